The Morgan fingerprint density at radius 1 is 1.58 bits per heavy atom. The van der Waals surface area contributed by atoms with Crippen LogP contribution in [0.4, 0.5) is 0 Å². The molecule has 0 aliphatic carbocycles. The molecule has 2 aromatic rings. The van der Waals surface area contributed by atoms with Crippen molar-refractivity contribution in [2.45, 2.75) is 32.8 Å². The Bertz CT molecular complexity index is 549. The summed E-state index contributed by atoms with van der Waals surface area (Å²) in [7, 11) is 0. The molecule has 0 bridgehead atoms. The first-order chi connectivity index (χ1) is 9.19. The maximum absolute atomic E-state index is 10.7. The average Bonchev–Trinajstić information content (AvgIpc) is 3.03. The van der Waals surface area contributed by atoms with Gasteiger partial charge in [0.25, 0.3) is 5.89 Å². The quantitative estimate of drug-likeness (QED) is 0.840. The number of aromatic nitrogens is 2. The molecule has 2 rings (SSSR count). The van der Waals surface area contributed by atoms with E-state index in [1.54, 1.807) is 5.38 Å². The monoisotopic (exact) mass is 282 g/mol. The first kappa shape index (κ1) is 13.5. The lowest BCUT2D eigenvalue weighted by Crippen LogP contribution is -1.96. The lowest BCUT2D eigenvalue weighted by Gasteiger charge is -1.97. The van der Waals surface area contributed by atoms with E-state index in [2.05, 4.69) is 17.1 Å². The fourth-order valence-corrected chi connectivity index (χ4v) is 2.10. The molecule has 102 valence electrons. The van der Waals surface area contributed by atoms with Crippen molar-refractivity contribution < 1.29 is 19.2 Å². The number of nitrogens with zero attached hydrogens (tertiary/aromatic N) is 2. The highest BCUT2D eigenvalue weighted by Gasteiger charge is 2.10. The van der Waals surface area contributed by atoms with E-state index < -0.39 is 5.97 Å². The summed E-state index contributed by atoms with van der Waals surface area (Å²) >= 11 is 1.12. The van der Waals surface area contributed by atoms with E-state index in [1.807, 2.05) is 0 Å². The fraction of sp³-hybridized carbons (Fsp3) is 0.417. The zero-order valence-electron chi connectivity index (χ0n) is 10.5. The minimum absolute atomic E-state index is 0.148. The number of aromatic carboxylic acids is 1. The van der Waals surface area contributed by atoms with Gasteiger partial charge in [-0.05, 0) is 6.42 Å². The van der Waals surface area contributed by atoms with Gasteiger partial charge in [0.15, 0.2) is 12.4 Å². The number of unbranched alkanes of at least 4 members (excludes halogenated alkanes) is 1. The van der Waals surface area contributed by atoms with Crippen LogP contribution in [0.1, 0.15) is 41.2 Å². The van der Waals surface area contributed by atoms with Crippen LogP contribution in [0.5, 0.6) is 5.75 Å². The molecule has 0 saturated heterocycles. The third-order valence-electron chi connectivity index (χ3n) is 2.41. The van der Waals surface area contributed by atoms with Crippen molar-refractivity contribution in [2.24, 2.45) is 0 Å². The van der Waals surface area contributed by atoms with Crippen LogP contribution in [0.3, 0.4) is 0 Å². The van der Waals surface area contributed by atoms with Gasteiger partial charge in [-0.25, -0.2) is 4.79 Å². The predicted molar refractivity (Wildman–Crippen MR) is 68.5 cm³/mol. The number of carboxylic acids is 1. The van der Waals surface area contributed by atoms with Crippen molar-refractivity contribution in [3.05, 3.63) is 28.0 Å². The molecule has 2 heterocycles. The van der Waals surface area contributed by atoms with Gasteiger partial charge in [-0.3, -0.25) is 0 Å². The van der Waals surface area contributed by atoms with Gasteiger partial charge in [0.05, 0.1) is 0 Å². The normalized spacial score (nSPS) is 10.6. The van der Waals surface area contributed by atoms with Crippen molar-refractivity contribution in [3.63, 3.8) is 0 Å². The van der Waals surface area contributed by atoms with E-state index in [-0.39, 0.29) is 11.5 Å². The van der Waals surface area contributed by atoms with Crippen LogP contribution >= 0.6 is 11.3 Å². The predicted octanol–water partition coefficient (Wildman–Crippen LogP) is 2.75. The van der Waals surface area contributed by atoms with Crippen molar-refractivity contribution in [3.8, 4) is 5.75 Å². The SMILES string of the molecule is CCCCc1noc(COc2csc(C(=O)O)c2)n1. The van der Waals surface area contributed by atoms with E-state index in [9.17, 15) is 4.79 Å². The number of aryl methyl sites for hydroxylation is 1. The Morgan fingerprint density at radius 2 is 2.42 bits per heavy atom. The summed E-state index contributed by atoms with van der Waals surface area (Å²) in [6.07, 6.45) is 2.89. The van der Waals surface area contributed by atoms with Crippen LogP contribution in [-0.2, 0) is 13.0 Å². The highest BCUT2D eigenvalue weighted by atomic mass is 32.1. The zero-order chi connectivity index (χ0) is 13.7. The van der Waals surface area contributed by atoms with Gasteiger partial charge in [0.1, 0.15) is 10.6 Å². The van der Waals surface area contributed by atoms with E-state index in [4.69, 9.17) is 14.4 Å². The molecule has 0 atom stereocenters. The van der Waals surface area contributed by atoms with Gasteiger partial charge in [-0.15, -0.1) is 11.3 Å². The first-order valence-corrected chi connectivity index (χ1v) is 6.83. The molecule has 1 N–H and O–H groups in total. The number of rotatable bonds is 7. The van der Waals surface area contributed by atoms with Crippen molar-refractivity contribution in [2.75, 3.05) is 0 Å². The molecule has 0 aliphatic heterocycles. The Kier molecular flexibility index (Phi) is 4.51. The minimum atomic E-state index is -0.959. The summed E-state index contributed by atoms with van der Waals surface area (Å²) in [5, 5.41) is 14.3. The zero-order valence-corrected chi connectivity index (χ0v) is 11.3. The van der Waals surface area contributed by atoms with Crippen LogP contribution in [0.15, 0.2) is 16.0 Å². The lowest BCUT2D eigenvalue weighted by molar-refractivity contribution is 0.0702. The topological polar surface area (TPSA) is 85.5 Å². The molecule has 0 radical (unpaired) electrons. The van der Waals surface area contributed by atoms with Crippen LogP contribution in [0.2, 0.25) is 0 Å². The molecule has 0 aliphatic rings. The van der Waals surface area contributed by atoms with Crippen LogP contribution < -0.4 is 4.74 Å². The second kappa shape index (κ2) is 6.33. The molecule has 19 heavy (non-hydrogen) atoms. The van der Waals surface area contributed by atoms with Gasteiger partial charge < -0.3 is 14.4 Å². The summed E-state index contributed by atoms with van der Waals surface area (Å²) in [5.74, 6) is 0.612. The Hall–Kier alpha value is -1.89. The third kappa shape index (κ3) is 3.78. The summed E-state index contributed by atoms with van der Waals surface area (Å²) < 4.78 is 10.4. The Morgan fingerprint density at radius 3 is 3.11 bits per heavy atom. The van der Waals surface area contributed by atoms with Gasteiger partial charge in [-0.2, -0.15) is 4.98 Å². The van der Waals surface area contributed by atoms with E-state index >= 15 is 0 Å². The highest BCUT2D eigenvalue weighted by Crippen LogP contribution is 2.22. The molecule has 2 aromatic heterocycles. The smallest absolute Gasteiger partial charge is 0.346 e. The molecular weight excluding hydrogens is 268 g/mol. The number of hydrogen-bond acceptors (Lipinski definition) is 6. The molecule has 0 amide bonds. The second-order valence-corrected chi connectivity index (χ2v) is 4.86. The molecule has 6 nitrogen and oxygen atoms in total. The van der Waals surface area contributed by atoms with Crippen molar-refractivity contribution >= 4 is 17.3 Å². The molecular formula is C12H14N2O4S. The summed E-state index contributed by atoms with van der Waals surface area (Å²) in [6, 6.07) is 1.47. The van der Waals surface area contributed by atoms with E-state index in [1.165, 1.54) is 6.07 Å². The van der Waals surface area contributed by atoms with Gasteiger partial charge in [-0.1, -0.05) is 18.5 Å². The molecule has 0 saturated carbocycles. The first-order valence-electron chi connectivity index (χ1n) is 5.95. The third-order valence-corrected chi connectivity index (χ3v) is 3.31. The summed E-state index contributed by atoms with van der Waals surface area (Å²) in [5.41, 5.74) is 0. The van der Waals surface area contributed by atoms with Crippen LogP contribution in [0.25, 0.3) is 0 Å². The number of hydrogen-bond donors (Lipinski definition) is 1. The maximum atomic E-state index is 10.7. The average molecular weight is 282 g/mol. The fourth-order valence-electron chi connectivity index (χ4n) is 1.44. The molecule has 0 unspecified atom stereocenters. The standard InChI is InChI=1S/C12H14N2O4S/c1-2-3-4-10-13-11(18-14-10)6-17-8-5-9(12(15)16)19-7-8/h5,7H,2-4,6H2,1H3,(H,15,16). The summed E-state index contributed by atoms with van der Waals surface area (Å²) in [6.45, 7) is 2.25. The van der Waals surface area contributed by atoms with Gasteiger partial charge in [0.2, 0.25) is 0 Å². The molecule has 0 fully saturated rings. The molecule has 0 spiro atoms. The van der Waals surface area contributed by atoms with Crippen LogP contribution in [-0.4, -0.2) is 21.2 Å². The van der Waals surface area contributed by atoms with Crippen LogP contribution in [0, 0.1) is 0 Å². The Labute approximate surface area is 114 Å². The largest absolute Gasteiger partial charge is 0.483 e. The number of ether oxygens (including phenoxy) is 1. The highest BCUT2D eigenvalue weighted by molar-refractivity contribution is 7.12. The maximum Gasteiger partial charge on any atom is 0.346 e. The number of carboxylic acid groups (broad SMARTS) is 1. The van der Waals surface area contributed by atoms with E-state index in [0.717, 1.165) is 30.6 Å². The van der Waals surface area contributed by atoms with Gasteiger partial charge in [0, 0.05) is 17.9 Å². The number of thiophene rings is 1. The van der Waals surface area contributed by atoms with E-state index in [0.29, 0.717) is 17.5 Å². The minimum Gasteiger partial charge on any atom is -0.483 e. The van der Waals surface area contributed by atoms with Crippen molar-refractivity contribution in [1.29, 1.82) is 0 Å². The molecule has 0 aromatic carbocycles. The Balaban J connectivity index is 1.87. The van der Waals surface area contributed by atoms with Gasteiger partial charge >= 0.3 is 5.97 Å². The number of carbonyl (C=O) groups is 1. The second-order valence-electron chi connectivity index (χ2n) is 3.95. The van der Waals surface area contributed by atoms with Crippen molar-refractivity contribution in [1.82, 2.24) is 10.1 Å². The summed E-state index contributed by atoms with van der Waals surface area (Å²) in [4.78, 5) is 15.1. The molecule has 7 heteroatoms. The lowest BCUT2D eigenvalue weighted by atomic mass is 10.2.